The van der Waals surface area contributed by atoms with E-state index >= 15 is 0 Å². The number of rotatable bonds is 3. The Morgan fingerprint density at radius 3 is 2.75 bits per heavy atom. The quantitative estimate of drug-likeness (QED) is 0.824. The largest absolute Gasteiger partial charge is 0.387 e. The van der Waals surface area contributed by atoms with Gasteiger partial charge in [0, 0.05) is 7.05 Å². The average molecular weight is 221 g/mol. The topological polar surface area (TPSA) is 68.8 Å². The molecule has 0 amide bonds. The van der Waals surface area contributed by atoms with E-state index in [4.69, 9.17) is 0 Å². The fourth-order valence-electron chi connectivity index (χ4n) is 1.55. The van der Waals surface area contributed by atoms with Crippen molar-refractivity contribution >= 4 is 0 Å². The van der Waals surface area contributed by atoms with E-state index in [0.717, 1.165) is 17.8 Å². The summed E-state index contributed by atoms with van der Waals surface area (Å²) in [5.74, 6) is 0. The SMILES string of the molecule is CCc1nn(C)cc1-n1cc(C(C)O)nn1. The van der Waals surface area contributed by atoms with Crippen LogP contribution in [0.3, 0.4) is 0 Å². The minimum atomic E-state index is -0.601. The van der Waals surface area contributed by atoms with Gasteiger partial charge in [-0.3, -0.25) is 4.68 Å². The van der Waals surface area contributed by atoms with E-state index in [1.54, 1.807) is 22.5 Å². The number of nitrogens with zero attached hydrogens (tertiary/aromatic N) is 5. The number of hydrogen-bond donors (Lipinski definition) is 1. The minimum Gasteiger partial charge on any atom is -0.387 e. The monoisotopic (exact) mass is 221 g/mol. The van der Waals surface area contributed by atoms with E-state index in [1.165, 1.54) is 0 Å². The number of aryl methyl sites for hydroxylation is 2. The van der Waals surface area contributed by atoms with E-state index in [9.17, 15) is 5.11 Å². The standard InChI is InChI=1S/C10H15N5O/c1-4-8-10(6-14(3)12-8)15-5-9(7(2)16)11-13-15/h5-7,16H,4H2,1-3H3. The van der Waals surface area contributed by atoms with Crippen LogP contribution in [0.2, 0.25) is 0 Å². The molecule has 0 bridgehead atoms. The predicted octanol–water partition coefficient (Wildman–Crippen LogP) is 0.616. The lowest BCUT2D eigenvalue weighted by atomic mass is 10.3. The first-order valence-corrected chi connectivity index (χ1v) is 5.25. The molecule has 1 N–H and O–H groups in total. The molecular weight excluding hydrogens is 206 g/mol. The highest BCUT2D eigenvalue weighted by Crippen LogP contribution is 2.14. The summed E-state index contributed by atoms with van der Waals surface area (Å²) in [7, 11) is 1.87. The van der Waals surface area contributed by atoms with Crippen molar-refractivity contribution in [2.45, 2.75) is 26.4 Å². The van der Waals surface area contributed by atoms with Gasteiger partial charge in [-0.25, -0.2) is 4.68 Å². The Kier molecular flexibility index (Phi) is 2.74. The normalized spacial score (nSPS) is 13.0. The summed E-state index contributed by atoms with van der Waals surface area (Å²) >= 11 is 0. The van der Waals surface area contributed by atoms with Crippen molar-refractivity contribution in [3.63, 3.8) is 0 Å². The van der Waals surface area contributed by atoms with Crippen molar-refractivity contribution in [1.82, 2.24) is 24.8 Å². The zero-order chi connectivity index (χ0) is 11.7. The average Bonchev–Trinajstić information content (AvgIpc) is 2.82. The molecule has 2 aromatic rings. The highest BCUT2D eigenvalue weighted by Gasteiger charge is 2.12. The summed E-state index contributed by atoms with van der Waals surface area (Å²) in [6.07, 6.45) is 3.84. The second kappa shape index (κ2) is 4.05. The predicted molar refractivity (Wildman–Crippen MR) is 58.1 cm³/mol. The first-order chi connectivity index (χ1) is 7.61. The highest BCUT2D eigenvalue weighted by molar-refractivity contribution is 5.33. The molecule has 2 rings (SSSR count). The van der Waals surface area contributed by atoms with E-state index in [-0.39, 0.29) is 0 Å². The number of aliphatic hydroxyl groups is 1. The zero-order valence-corrected chi connectivity index (χ0v) is 9.62. The van der Waals surface area contributed by atoms with Crippen LogP contribution >= 0.6 is 0 Å². The summed E-state index contributed by atoms with van der Waals surface area (Å²) in [4.78, 5) is 0. The van der Waals surface area contributed by atoms with Gasteiger partial charge in [0.1, 0.15) is 11.4 Å². The maximum atomic E-state index is 9.38. The molecule has 6 heteroatoms. The van der Waals surface area contributed by atoms with Crippen LogP contribution in [-0.4, -0.2) is 29.9 Å². The van der Waals surface area contributed by atoms with E-state index < -0.39 is 6.10 Å². The molecule has 0 fully saturated rings. The molecule has 0 aliphatic rings. The second-order valence-corrected chi connectivity index (χ2v) is 3.75. The van der Waals surface area contributed by atoms with Gasteiger partial charge in [0.25, 0.3) is 0 Å². The highest BCUT2D eigenvalue weighted by atomic mass is 16.3. The Labute approximate surface area is 93.5 Å². The van der Waals surface area contributed by atoms with Crippen LogP contribution in [0.15, 0.2) is 12.4 Å². The molecule has 0 aliphatic heterocycles. The van der Waals surface area contributed by atoms with Crippen molar-refractivity contribution in [2.75, 3.05) is 0 Å². The Hall–Kier alpha value is -1.69. The molecule has 16 heavy (non-hydrogen) atoms. The van der Waals surface area contributed by atoms with E-state index in [0.29, 0.717) is 5.69 Å². The summed E-state index contributed by atoms with van der Waals surface area (Å²) in [5.41, 5.74) is 2.43. The Morgan fingerprint density at radius 2 is 2.19 bits per heavy atom. The van der Waals surface area contributed by atoms with Gasteiger partial charge in [0.05, 0.1) is 24.2 Å². The van der Waals surface area contributed by atoms with Gasteiger partial charge < -0.3 is 5.11 Å². The maximum Gasteiger partial charge on any atom is 0.111 e. The van der Waals surface area contributed by atoms with Crippen LogP contribution in [0.25, 0.3) is 5.69 Å². The summed E-state index contributed by atoms with van der Waals surface area (Å²) in [6.45, 7) is 3.71. The molecule has 1 unspecified atom stereocenters. The lowest BCUT2D eigenvalue weighted by Gasteiger charge is -1.97. The third-order valence-electron chi connectivity index (χ3n) is 2.40. The van der Waals surface area contributed by atoms with E-state index in [2.05, 4.69) is 15.4 Å². The van der Waals surface area contributed by atoms with Crippen molar-refractivity contribution in [2.24, 2.45) is 7.05 Å². The first kappa shape index (κ1) is 10.8. The molecule has 86 valence electrons. The molecule has 6 nitrogen and oxygen atoms in total. The smallest absolute Gasteiger partial charge is 0.111 e. The van der Waals surface area contributed by atoms with Gasteiger partial charge >= 0.3 is 0 Å². The number of aromatic nitrogens is 5. The molecule has 0 saturated carbocycles. The second-order valence-electron chi connectivity index (χ2n) is 3.75. The lowest BCUT2D eigenvalue weighted by molar-refractivity contribution is 0.194. The third kappa shape index (κ3) is 1.83. The number of hydrogen-bond acceptors (Lipinski definition) is 4. The third-order valence-corrected chi connectivity index (χ3v) is 2.40. The van der Waals surface area contributed by atoms with Gasteiger partial charge in [-0.1, -0.05) is 12.1 Å². The van der Waals surface area contributed by atoms with Gasteiger partial charge in [-0.05, 0) is 13.3 Å². The van der Waals surface area contributed by atoms with Crippen molar-refractivity contribution < 1.29 is 5.11 Å². The maximum absolute atomic E-state index is 9.38. The summed E-state index contributed by atoms with van der Waals surface area (Å²) < 4.78 is 3.39. The lowest BCUT2D eigenvalue weighted by Crippen LogP contribution is -1.97. The molecule has 0 radical (unpaired) electrons. The van der Waals surface area contributed by atoms with Gasteiger partial charge in [-0.2, -0.15) is 5.10 Å². The van der Waals surface area contributed by atoms with Gasteiger partial charge in [0.2, 0.25) is 0 Å². The van der Waals surface area contributed by atoms with Crippen LogP contribution in [-0.2, 0) is 13.5 Å². The van der Waals surface area contributed by atoms with E-state index in [1.807, 2.05) is 20.2 Å². The zero-order valence-electron chi connectivity index (χ0n) is 9.62. The van der Waals surface area contributed by atoms with Crippen molar-refractivity contribution in [3.05, 3.63) is 23.8 Å². The van der Waals surface area contributed by atoms with Crippen molar-refractivity contribution in [3.8, 4) is 5.69 Å². The molecule has 1 atom stereocenters. The Morgan fingerprint density at radius 1 is 1.44 bits per heavy atom. The molecule has 0 aromatic carbocycles. The summed E-state index contributed by atoms with van der Waals surface area (Å²) in [5, 5.41) is 21.6. The Bertz CT molecular complexity index is 485. The molecule has 0 aliphatic carbocycles. The van der Waals surface area contributed by atoms with Crippen LogP contribution < -0.4 is 0 Å². The fourth-order valence-corrected chi connectivity index (χ4v) is 1.55. The molecule has 2 aromatic heterocycles. The Balaban J connectivity index is 2.41. The number of aliphatic hydroxyl groups excluding tert-OH is 1. The molecule has 2 heterocycles. The minimum absolute atomic E-state index is 0.561. The van der Waals surface area contributed by atoms with Crippen molar-refractivity contribution in [1.29, 1.82) is 0 Å². The van der Waals surface area contributed by atoms with Crippen LogP contribution in [0.5, 0.6) is 0 Å². The molecular formula is C10H15N5O. The van der Waals surface area contributed by atoms with Crippen LogP contribution in [0.1, 0.15) is 31.3 Å². The van der Waals surface area contributed by atoms with Gasteiger partial charge in [-0.15, -0.1) is 5.10 Å². The fraction of sp³-hybridized carbons (Fsp3) is 0.500. The summed E-state index contributed by atoms with van der Waals surface area (Å²) in [6, 6.07) is 0. The first-order valence-electron chi connectivity index (χ1n) is 5.25. The van der Waals surface area contributed by atoms with Gasteiger partial charge in [0.15, 0.2) is 0 Å². The van der Waals surface area contributed by atoms with Crippen LogP contribution in [0.4, 0.5) is 0 Å². The van der Waals surface area contributed by atoms with Crippen LogP contribution in [0, 0.1) is 0 Å². The molecule has 0 spiro atoms. The molecule has 0 saturated heterocycles.